The Morgan fingerprint density at radius 2 is 2.00 bits per heavy atom. The first-order chi connectivity index (χ1) is 15.1. The molecule has 2 aliphatic heterocycles. The van der Waals surface area contributed by atoms with Crippen molar-refractivity contribution in [1.82, 2.24) is 4.90 Å². The molecule has 0 N–H and O–H groups in total. The Morgan fingerprint density at radius 1 is 1.23 bits per heavy atom. The number of ether oxygens (including phenoxy) is 2. The van der Waals surface area contributed by atoms with Gasteiger partial charge in [-0.2, -0.15) is 5.26 Å². The van der Waals surface area contributed by atoms with Crippen molar-refractivity contribution in [3.05, 3.63) is 88.1 Å². The van der Waals surface area contributed by atoms with Crippen LogP contribution < -0.4 is 4.74 Å². The number of hydrogen-bond donors (Lipinski definition) is 0. The number of allylic oxidation sites excluding steroid dienone is 1. The van der Waals surface area contributed by atoms with Crippen LogP contribution >= 0.6 is 11.8 Å². The van der Waals surface area contributed by atoms with E-state index < -0.39 is 0 Å². The van der Waals surface area contributed by atoms with Gasteiger partial charge in [0.25, 0.3) is 0 Å². The van der Waals surface area contributed by atoms with Crippen molar-refractivity contribution in [2.24, 2.45) is 4.99 Å². The number of amidine groups is 1. The second kappa shape index (κ2) is 9.11. The average Bonchev–Trinajstić information content (AvgIpc) is 3.25. The molecule has 0 unspecified atom stereocenters. The molecule has 156 valence electrons. The molecule has 0 amide bonds. The minimum atomic E-state index is -0.355. The largest absolute Gasteiger partial charge is 0.489 e. The van der Waals surface area contributed by atoms with Crippen LogP contribution in [0, 0.1) is 11.3 Å². The van der Waals surface area contributed by atoms with Crippen molar-refractivity contribution in [1.29, 1.82) is 5.26 Å². The number of hydrogen-bond acceptors (Lipinski definition) is 7. The number of esters is 1. The van der Waals surface area contributed by atoms with Gasteiger partial charge in [0.1, 0.15) is 12.4 Å². The molecule has 4 rings (SSSR count). The highest BCUT2D eigenvalue weighted by molar-refractivity contribution is 8.16. The predicted molar refractivity (Wildman–Crippen MR) is 120 cm³/mol. The van der Waals surface area contributed by atoms with E-state index >= 15 is 0 Å². The Labute approximate surface area is 185 Å². The summed E-state index contributed by atoms with van der Waals surface area (Å²) in [4.78, 5) is 19.3. The fraction of sp³-hybridized carbons (Fsp3) is 0.208. The maximum atomic E-state index is 12.7. The van der Waals surface area contributed by atoms with Gasteiger partial charge in [-0.05, 0) is 43.0 Å². The molecule has 0 saturated carbocycles. The first-order valence-electron chi connectivity index (χ1n) is 9.91. The van der Waals surface area contributed by atoms with Gasteiger partial charge in [0.05, 0.1) is 35.6 Å². The molecule has 1 atom stereocenters. The van der Waals surface area contributed by atoms with E-state index in [4.69, 9.17) is 9.47 Å². The van der Waals surface area contributed by atoms with Crippen LogP contribution in [0.2, 0.25) is 0 Å². The third-order valence-electron chi connectivity index (χ3n) is 5.04. The number of carbonyl (C=O) groups excluding carboxylic acids is 1. The molecule has 0 spiro atoms. The van der Waals surface area contributed by atoms with E-state index in [0.29, 0.717) is 35.8 Å². The van der Waals surface area contributed by atoms with Gasteiger partial charge in [-0.15, -0.1) is 0 Å². The van der Waals surface area contributed by atoms with Crippen molar-refractivity contribution in [2.75, 3.05) is 6.61 Å². The molecule has 2 aromatic rings. The first kappa shape index (κ1) is 20.8. The highest BCUT2D eigenvalue weighted by atomic mass is 32.2. The molecular weight excluding hydrogens is 410 g/mol. The number of aliphatic imine (C=N–C) groups is 1. The van der Waals surface area contributed by atoms with Crippen LogP contribution in [0.4, 0.5) is 0 Å². The van der Waals surface area contributed by atoms with E-state index in [0.717, 1.165) is 16.3 Å². The zero-order valence-corrected chi connectivity index (χ0v) is 18.1. The summed E-state index contributed by atoms with van der Waals surface area (Å²) in [5.74, 6) is 0.331. The summed E-state index contributed by atoms with van der Waals surface area (Å²) in [5.41, 5.74) is 3.58. The summed E-state index contributed by atoms with van der Waals surface area (Å²) in [6.45, 7) is 4.25. The Hall–Kier alpha value is -3.50. The minimum absolute atomic E-state index is 0.306. The maximum Gasteiger partial charge on any atom is 0.338 e. The Balaban J connectivity index is 1.58. The number of nitriles is 1. The molecule has 2 aliphatic rings. The zero-order valence-electron chi connectivity index (χ0n) is 17.2. The molecule has 7 heteroatoms. The molecule has 0 aliphatic carbocycles. The number of nitrogens with zero attached hydrogens (tertiary/aromatic N) is 3. The summed E-state index contributed by atoms with van der Waals surface area (Å²) < 4.78 is 11.2. The predicted octanol–water partition coefficient (Wildman–Crippen LogP) is 4.91. The van der Waals surface area contributed by atoms with E-state index in [1.165, 1.54) is 11.8 Å². The van der Waals surface area contributed by atoms with Crippen LogP contribution in [0.3, 0.4) is 0 Å². The van der Waals surface area contributed by atoms with Gasteiger partial charge in [-0.25, -0.2) is 9.79 Å². The van der Waals surface area contributed by atoms with E-state index in [1.54, 1.807) is 13.0 Å². The quantitative estimate of drug-likeness (QED) is 0.605. The van der Waals surface area contributed by atoms with E-state index in [-0.39, 0.29) is 12.0 Å². The summed E-state index contributed by atoms with van der Waals surface area (Å²) in [7, 11) is 0. The lowest BCUT2D eigenvalue weighted by Crippen LogP contribution is -2.34. The topological polar surface area (TPSA) is 74.9 Å². The lowest BCUT2D eigenvalue weighted by Gasteiger charge is -2.33. The van der Waals surface area contributed by atoms with Crippen molar-refractivity contribution < 1.29 is 14.3 Å². The molecule has 0 fully saturated rings. The maximum absolute atomic E-state index is 12.7. The second-order valence-electron chi connectivity index (χ2n) is 6.95. The van der Waals surface area contributed by atoms with Crippen LogP contribution in [0.15, 0.2) is 76.4 Å². The second-order valence-corrected chi connectivity index (χ2v) is 7.83. The molecule has 0 radical (unpaired) electrons. The number of thioether (sulfide) groups is 1. The molecule has 0 saturated heterocycles. The van der Waals surface area contributed by atoms with Crippen molar-refractivity contribution in [3.63, 3.8) is 0 Å². The number of benzene rings is 2. The summed E-state index contributed by atoms with van der Waals surface area (Å²) in [6, 6.07) is 16.9. The molecule has 0 bridgehead atoms. The number of fused-ring (bicyclic) bond motifs is 1. The number of carbonyl (C=O) groups is 1. The van der Waals surface area contributed by atoms with Gasteiger partial charge in [-0.1, -0.05) is 42.1 Å². The lowest BCUT2D eigenvalue weighted by atomic mass is 9.95. The Kier molecular flexibility index (Phi) is 6.10. The van der Waals surface area contributed by atoms with Gasteiger partial charge in [-0.3, -0.25) is 0 Å². The van der Waals surface area contributed by atoms with Gasteiger partial charge in [0.15, 0.2) is 5.17 Å². The molecule has 6 nitrogen and oxygen atoms in total. The van der Waals surface area contributed by atoms with Gasteiger partial charge >= 0.3 is 5.97 Å². The van der Waals surface area contributed by atoms with E-state index in [2.05, 4.69) is 11.1 Å². The molecule has 31 heavy (non-hydrogen) atoms. The average molecular weight is 432 g/mol. The molecule has 0 aromatic heterocycles. The van der Waals surface area contributed by atoms with Crippen molar-refractivity contribution in [2.45, 2.75) is 26.5 Å². The van der Waals surface area contributed by atoms with Crippen LogP contribution in [-0.2, 0) is 16.1 Å². The smallest absolute Gasteiger partial charge is 0.338 e. The van der Waals surface area contributed by atoms with Crippen LogP contribution in [0.25, 0.3) is 0 Å². The zero-order chi connectivity index (χ0) is 21.8. The summed E-state index contributed by atoms with van der Waals surface area (Å²) in [5, 5.41) is 12.0. The molecule has 2 heterocycles. The first-order valence-corrected chi connectivity index (χ1v) is 10.8. The highest BCUT2D eigenvalue weighted by Gasteiger charge is 2.37. The third kappa shape index (κ3) is 4.21. The van der Waals surface area contributed by atoms with Gasteiger partial charge < -0.3 is 14.4 Å². The van der Waals surface area contributed by atoms with Crippen LogP contribution in [0.5, 0.6) is 5.75 Å². The van der Waals surface area contributed by atoms with Crippen LogP contribution in [-0.4, -0.2) is 22.6 Å². The number of rotatable bonds is 6. The van der Waals surface area contributed by atoms with Crippen LogP contribution in [0.1, 0.15) is 36.6 Å². The Morgan fingerprint density at radius 3 is 2.74 bits per heavy atom. The fourth-order valence-electron chi connectivity index (χ4n) is 3.56. The molecular formula is C24H21N3O3S. The highest BCUT2D eigenvalue weighted by Crippen LogP contribution is 2.41. The Bertz CT molecular complexity index is 1130. The van der Waals surface area contributed by atoms with Gasteiger partial charge in [0.2, 0.25) is 0 Å². The molecule has 2 aromatic carbocycles. The summed E-state index contributed by atoms with van der Waals surface area (Å²) in [6.07, 6.45) is 1.93. The summed E-state index contributed by atoms with van der Waals surface area (Å²) >= 11 is 1.53. The van der Waals surface area contributed by atoms with Gasteiger partial charge in [0, 0.05) is 11.8 Å². The van der Waals surface area contributed by atoms with E-state index in [9.17, 15) is 10.1 Å². The normalized spacial score (nSPS) is 17.1. The van der Waals surface area contributed by atoms with E-state index in [1.807, 2.05) is 65.9 Å². The standard InChI is InChI=1S/C24H21N3O3S/c1-3-29-23(28)21-16(2)26-24-27(12-13-31-24)22(21)17-8-10-20(11-9-17)30-15-19-7-5-4-6-18(19)14-25/h4-13,22H,3,15H2,1-2H3/t22-/m1/s1. The minimum Gasteiger partial charge on any atom is -0.489 e. The fourth-order valence-corrected chi connectivity index (χ4v) is 4.35. The van der Waals surface area contributed by atoms with Crippen molar-refractivity contribution >= 4 is 22.9 Å². The lowest BCUT2D eigenvalue weighted by molar-refractivity contribution is -0.139. The monoisotopic (exact) mass is 431 g/mol. The SMILES string of the molecule is CCOC(=O)C1=C(C)N=C2SC=CN2[C@@H]1c1ccc(OCc2ccccc2C#N)cc1. The third-order valence-corrected chi connectivity index (χ3v) is 5.81. The van der Waals surface area contributed by atoms with Crippen molar-refractivity contribution in [3.8, 4) is 11.8 Å².